The molecule has 0 N–H and O–H groups in total. The predicted molar refractivity (Wildman–Crippen MR) is 102 cm³/mol. The highest BCUT2D eigenvalue weighted by atomic mass is 35.5. The van der Waals surface area contributed by atoms with Gasteiger partial charge >= 0.3 is 11.8 Å². The second kappa shape index (κ2) is 7.98. The minimum absolute atomic E-state index is 0.183. The summed E-state index contributed by atoms with van der Waals surface area (Å²) in [6.07, 6.45) is 0. The summed E-state index contributed by atoms with van der Waals surface area (Å²) in [6, 6.07) is 8.32. The highest BCUT2D eigenvalue weighted by molar-refractivity contribution is 6.41. The molecule has 2 amide bonds. The molecule has 6 nitrogen and oxygen atoms in total. The van der Waals surface area contributed by atoms with Gasteiger partial charge in [0.25, 0.3) is 0 Å². The van der Waals surface area contributed by atoms with E-state index >= 15 is 0 Å². The van der Waals surface area contributed by atoms with Crippen LogP contribution in [0.5, 0.6) is 5.75 Å². The van der Waals surface area contributed by atoms with Crippen molar-refractivity contribution in [1.82, 2.24) is 4.90 Å². The predicted octanol–water partition coefficient (Wildman–Crippen LogP) is 2.85. The summed E-state index contributed by atoms with van der Waals surface area (Å²) < 4.78 is 18.3. The number of halogens is 2. The van der Waals surface area contributed by atoms with Crippen molar-refractivity contribution in [3.05, 3.63) is 58.4 Å². The van der Waals surface area contributed by atoms with Crippen LogP contribution >= 0.6 is 11.6 Å². The van der Waals surface area contributed by atoms with Crippen LogP contribution in [0.1, 0.15) is 15.9 Å². The molecule has 1 heterocycles. The number of hydrogen-bond donors (Lipinski definition) is 0. The number of carbonyl (C=O) groups excluding carboxylic acids is 3. The Bertz CT molecular complexity index is 946. The molecule has 0 aromatic heterocycles. The van der Waals surface area contributed by atoms with Gasteiger partial charge in [-0.1, -0.05) is 11.6 Å². The van der Waals surface area contributed by atoms with Crippen molar-refractivity contribution in [1.29, 1.82) is 0 Å². The Morgan fingerprint density at radius 2 is 1.82 bits per heavy atom. The van der Waals surface area contributed by atoms with Gasteiger partial charge in [-0.05, 0) is 42.8 Å². The van der Waals surface area contributed by atoms with Gasteiger partial charge < -0.3 is 9.64 Å². The fraction of sp³-hybridized carbons (Fsp3) is 0.250. The number of methoxy groups -OCH3 is 1. The fourth-order valence-electron chi connectivity index (χ4n) is 2.98. The number of carbonyl (C=O) groups is 3. The van der Waals surface area contributed by atoms with Crippen LogP contribution in [0, 0.1) is 12.7 Å². The highest BCUT2D eigenvalue weighted by Gasteiger charge is 2.35. The molecule has 0 spiro atoms. The van der Waals surface area contributed by atoms with Gasteiger partial charge in [-0.25, -0.2) is 4.39 Å². The Hall–Kier alpha value is -2.93. The largest absolute Gasteiger partial charge is 0.495 e. The summed E-state index contributed by atoms with van der Waals surface area (Å²) in [5.74, 6) is -1.97. The number of aryl methyl sites for hydroxylation is 1. The second-order valence-electron chi connectivity index (χ2n) is 6.39. The molecule has 0 saturated carbocycles. The first-order valence-electron chi connectivity index (χ1n) is 8.55. The third-order valence-electron chi connectivity index (χ3n) is 4.56. The van der Waals surface area contributed by atoms with E-state index in [1.165, 1.54) is 41.2 Å². The van der Waals surface area contributed by atoms with Crippen molar-refractivity contribution >= 4 is 34.9 Å². The van der Waals surface area contributed by atoms with Crippen molar-refractivity contribution in [2.45, 2.75) is 6.92 Å². The van der Waals surface area contributed by atoms with Gasteiger partial charge in [0.15, 0.2) is 5.78 Å². The molecular formula is C20H18ClFN2O4. The molecular weight excluding hydrogens is 387 g/mol. The smallest absolute Gasteiger partial charge is 0.316 e. The maximum absolute atomic E-state index is 13.0. The normalized spacial score (nSPS) is 14.4. The number of ether oxygens (including phenoxy) is 1. The van der Waals surface area contributed by atoms with E-state index in [1.54, 1.807) is 19.1 Å². The molecule has 3 rings (SSSR count). The van der Waals surface area contributed by atoms with Crippen molar-refractivity contribution in [3.8, 4) is 5.75 Å². The molecule has 1 saturated heterocycles. The Kier molecular flexibility index (Phi) is 5.65. The zero-order chi connectivity index (χ0) is 20.4. The van der Waals surface area contributed by atoms with Crippen LogP contribution in [0.25, 0.3) is 0 Å². The van der Waals surface area contributed by atoms with Crippen LogP contribution in [0.4, 0.5) is 10.1 Å². The standard InChI is InChI=1S/C20H18ClFN2O4/c1-12-9-16(18(28-2)10-15(12)21)24-8-7-23(19(26)20(24)27)11-17(25)13-3-5-14(22)6-4-13/h3-6,9-10H,7-8,11H2,1-2H3. The minimum Gasteiger partial charge on any atom is -0.495 e. The maximum atomic E-state index is 13.0. The number of ketones is 1. The van der Waals surface area contributed by atoms with Gasteiger partial charge in [-0.15, -0.1) is 0 Å². The molecule has 8 heteroatoms. The van der Waals surface area contributed by atoms with Gasteiger partial charge in [0.05, 0.1) is 19.3 Å². The van der Waals surface area contributed by atoms with E-state index < -0.39 is 17.6 Å². The fourth-order valence-corrected chi connectivity index (χ4v) is 3.13. The van der Waals surface area contributed by atoms with Gasteiger partial charge in [0.1, 0.15) is 11.6 Å². The van der Waals surface area contributed by atoms with Gasteiger partial charge in [-0.3, -0.25) is 19.3 Å². The number of anilines is 1. The number of piperazine rings is 1. The lowest BCUT2D eigenvalue weighted by molar-refractivity contribution is -0.145. The van der Waals surface area contributed by atoms with E-state index in [0.717, 1.165) is 5.56 Å². The van der Waals surface area contributed by atoms with Crippen molar-refractivity contribution in [2.75, 3.05) is 31.6 Å². The van der Waals surface area contributed by atoms with Crippen molar-refractivity contribution in [3.63, 3.8) is 0 Å². The highest BCUT2D eigenvalue weighted by Crippen LogP contribution is 2.34. The third-order valence-corrected chi connectivity index (χ3v) is 4.97. The molecule has 1 fully saturated rings. The number of nitrogens with zero attached hydrogens (tertiary/aromatic N) is 2. The molecule has 28 heavy (non-hydrogen) atoms. The summed E-state index contributed by atoms with van der Waals surface area (Å²) in [7, 11) is 1.45. The summed E-state index contributed by atoms with van der Waals surface area (Å²) in [5.41, 5.74) is 1.47. The SMILES string of the molecule is COc1cc(Cl)c(C)cc1N1CCN(CC(=O)c2ccc(F)cc2)C(=O)C1=O. The molecule has 0 bridgehead atoms. The van der Waals surface area contributed by atoms with E-state index in [0.29, 0.717) is 16.5 Å². The summed E-state index contributed by atoms with van der Waals surface area (Å²) in [4.78, 5) is 40.0. The molecule has 0 unspecified atom stereocenters. The first-order valence-corrected chi connectivity index (χ1v) is 8.93. The Balaban J connectivity index is 1.77. The Labute approximate surface area is 166 Å². The first-order chi connectivity index (χ1) is 13.3. The van der Waals surface area contributed by atoms with Crippen LogP contribution in [0.15, 0.2) is 36.4 Å². The monoisotopic (exact) mass is 404 g/mol. The summed E-state index contributed by atoms with van der Waals surface area (Å²) >= 11 is 6.10. The number of rotatable bonds is 5. The van der Waals surface area contributed by atoms with E-state index in [2.05, 4.69) is 0 Å². The van der Waals surface area contributed by atoms with Crippen LogP contribution in [-0.2, 0) is 9.59 Å². The molecule has 146 valence electrons. The van der Waals surface area contributed by atoms with Gasteiger partial charge in [-0.2, -0.15) is 0 Å². The zero-order valence-electron chi connectivity index (χ0n) is 15.4. The average Bonchev–Trinajstić information content (AvgIpc) is 2.68. The minimum atomic E-state index is -0.781. The number of amides is 2. The summed E-state index contributed by atoms with van der Waals surface area (Å²) in [6.45, 7) is 1.93. The molecule has 1 aliphatic rings. The molecule has 2 aromatic rings. The van der Waals surface area contributed by atoms with E-state index in [-0.39, 0.29) is 31.0 Å². The van der Waals surface area contributed by atoms with E-state index in [1.807, 2.05) is 0 Å². The van der Waals surface area contributed by atoms with Crippen molar-refractivity contribution < 1.29 is 23.5 Å². The lowest BCUT2D eigenvalue weighted by Crippen LogP contribution is -2.55. The first kappa shape index (κ1) is 19.8. The average molecular weight is 405 g/mol. The van der Waals surface area contributed by atoms with Crippen LogP contribution in [0.2, 0.25) is 5.02 Å². The van der Waals surface area contributed by atoms with E-state index in [9.17, 15) is 18.8 Å². The summed E-state index contributed by atoms with van der Waals surface area (Å²) in [5, 5.41) is 0.489. The topological polar surface area (TPSA) is 66.9 Å². The molecule has 1 aliphatic heterocycles. The number of Topliss-reactive ketones (excluding diaryl/α,β-unsaturated/α-hetero) is 1. The van der Waals surface area contributed by atoms with Crippen LogP contribution in [-0.4, -0.2) is 49.2 Å². The quantitative estimate of drug-likeness (QED) is 0.567. The Morgan fingerprint density at radius 3 is 2.46 bits per heavy atom. The molecule has 0 atom stereocenters. The van der Waals surface area contributed by atoms with Gasteiger partial charge in [0, 0.05) is 29.7 Å². The maximum Gasteiger partial charge on any atom is 0.316 e. The van der Waals surface area contributed by atoms with Crippen LogP contribution < -0.4 is 9.64 Å². The number of benzene rings is 2. The lowest BCUT2D eigenvalue weighted by atomic mass is 10.1. The Morgan fingerprint density at radius 1 is 1.14 bits per heavy atom. The molecule has 0 aliphatic carbocycles. The van der Waals surface area contributed by atoms with E-state index in [4.69, 9.17) is 16.3 Å². The zero-order valence-corrected chi connectivity index (χ0v) is 16.1. The van der Waals surface area contributed by atoms with Crippen molar-refractivity contribution in [2.24, 2.45) is 0 Å². The molecule has 0 radical (unpaired) electrons. The number of hydrogen-bond acceptors (Lipinski definition) is 4. The second-order valence-corrected chi connectivity index (χ2v) is 6.79. The van der Waals surface area contributed by atoms with Crippen LogP contribution in [0.3, 0.4) is 0 Å². The third kappa shape index (κ3) is 3.84. The lowest BCUT2D eigenvalue weighted by Gasteiger charge is -2.34. The van der Waals surface area contributed by atoms with Gasteiger partial charge in [0.2, 0.25) is 0 Å². The molecule has 2 aromatic carbocycles.